The second-order valence-electron chi connectivity index (χ2n) is 3.05. The molecule has 1 atom stereocenters. The molecule has 12 heavy (non-hydrogen) atoms. The second-order valence-corrected chi connectivity index (χ2v) is 3.05. The maximum atomic E-state index is 7.19. The minimum absolute atomic E-state index is 0.535. The van der Waals surface area contributed by atoms with Gasteiger partial charge < -0.3 is 0 Å². The van der Waals surface area contributed by atoms with Gasteiger partial charge in [-0.25, -0.2) is 0 Å². The zero-order chi connectivity index (χ0) is 8.81. The van der Waals surface area contributed by atoms with Gasteiger partial charge in [0.05, 0.1) is 0 Å². The Morgan fingerprint density at radius 3 is 2.42 bits per heavy atom. The van der Waals surface area contributed by atoms with Crippen molar-refractivity contribution in [3.8, 4) is 0 Å². The molecule has 0 spiro atoms. The third-order valence-electron chi connectivity index (χ3n) is 2.26. The maximum Gasteiger partial charge on any atom is 0.0106 e. The summed E-state index contributed by atoms with van der Waals surface area (Å²) < 4.78 is 0. The van der Waals surface area contributed by atoms with Gasteiger partial charge in [0, 0.05) is 6.54 Å². The number of rotatable bonds is 4. The van der Waals surface area contributed by atoms with Crippen LogP contribution in [0.15, 0.2) is 30.3 Å². The Kier molecular flexibility index (Phi) is 3.81. The van der Waals surface area contributed by atoms with E-state index >= 15 is 0 Å². The first kappa shape index (κ1) is 9.27. The number of benzene rings is 1. The van der Waals surface area contributed by atoms with E-state index < -0.39 is 0 Å². The molecule has 1 N–H and O–H groups in total. The van der Waals surface area contributed by atoms with Crippen molar-refractivity contribution in [1.82, 2.24) is 5.73 Å². The van der Waals surface area contributed by atoms with Crippen molar-refractivity contribution in [2.24, 2.45) is 0 Å². The van der Waals surface area contributed by atoms with E-state index in [-0.39, 0.29) is 0 Å². The Labute approximate surface area is 74.6 Å². The molecule has 1 heteroatoms. The lowest BCUT2D eigenvalue weighted by Crippen LogP contribution is -2.00. The van der Waals surface area contributed by atoms with Crippen LogP contribution in [0, 0.1) is 0 Å². The first-order chi connectivity index (χ1) is 5.88. The van der Waals surface area contributed by atoms with E-state index in [2.05, 4.69) is 31.2 Å². The van der Waals surface area contributed by atoms with Gasteiger partial charge in [-0.1, -0.05) is 37.3 Å². The van der Waals surface area contributed by atoms with Crippen LogP contribution in [0.3, 0.4) is 0 Å². The molecule has 0 bridgehead atoms. The summed E-state index contributed by atoms with van der Waals surface area (Å²) in [5.41, 5.74) is 8.57. The first-order valence-corrected chi connectivity index (χ1v) is 4.58. The fraction of sp³-hybridized carbons (Fsp3) is 0.455. The topological polar surface area (TPSA) is 23.8 Å². The molecule has 0 saturated heterocycles. The van der Waals surface area contributed by atoms with Gasteiger partial charge in [-0.2, -0.15) is 0 Å². The molecule has 1 unspecified atom stereocenters. The van der Waals surface area contributed by atoms with Gasteiger partial charge in [-0.05, 0) is 24.3 Å². The molecule has 1 radical (unpaired) electrons. The summed E-state index contributed by atoms with van der Waals surface area (Å²) >= 11 is 0. The normalized spacial score (nSPS) is 12.8. The van der Waals surface area contributed by atoms with E-state index in [1.165, 1.54) is 5.56 Å². The Hall–Kier alpha value is -0.820. The first-order valence-electron chi connectivity index (χ1n) is 4.58. The predicted molar refractivity (Wildman–Crippen MR) is 52.1 cm³/mol. The molecule has 0 amide bonds. The van der Waals surface area contributed by atoms with Gasteiger partial charge in [0.2, 0.25) is 0 Å². The molecule has 0 aliphatic heterocycles. The molecule has 0 saturated carbocycles. The van der Waals surface area contributed by atoms with Crippen LogP contribution in [-0.4, -0.2) is 6.54 Å². The van der Waals surface area contributed by atoms with Crippen molar-refractivity contribution in [2.45, 2.75) is 25.7 Å². The molecule has 1 rings (SSSR count). The van der Waals surface area contributed by atoms with Crippen molar-refractivity contribution >= 4 is 0 Å². The molecular formula is C11H16N. The smallest absolute Gasteiger partial charge is 0.0106 e. The van der Waals surface area contributed by atoms with Gasteiger partial charge in [0.1, 0.15) is 0 Å². The predicted octanol–water partition coefficient (Wildman–Crippen LogP) is 2.85. The molecule has 0 aromatic heterocycles. The number of nitrogens with one attached hydrogen (secondary N) is 1. The lowest BCUT2D eigenvalue weighted by Gasteiger charge is -2.12. The lowest BCUT2D eigenvalue weighted by atomic mass is 9.93. The average molecular weight is 162 g/mol. The summed E-state index contributed by atoms with van der Waals surface area (Å²) in [6.07, 6.45) is 2.13. The molecular weight excluding hydrogens is 146 g/mol. The van der Waals surface area contributed by atoms with Crippen molar-refractivity contribution < 1.29 is 0 Å². The summed E-state index contributed by atoms with van der Waals surface area (Å²) in [7, 11) is 0. The largest absolute Gasteiger partial charge is 0.258 e. The fourth-order valence-corrected chi connectivity index (χ4v) is 1.51. The van der Waals surface area contributed by atoms with Crippen LogP contribution in [-0.2, 0) is 0 Å². The molecule has 1 aromatic carbocycles. The van der Waals surface area contributed by atoms with Gasteiger partial charge in [-0.15, -0.1) is 0 Å². The van der Waals surface area contributed by atoms with Crippen LogP contribution in [0.1, 0.15) is 31.2 Å². The lowest BCUT2D eigenvalue weighted by molar-refractivity contribution is 0.609. The monoisotopic (exact) mass is 162 g/mol. The fourth-order valence-electron chi connectivity index (χ4n) is 1.51. The van der Waals surface area contributed by atoms with Gasteiger partial charge in [0.25, 0.3) is 0 Å². The minimum atomic E-state index is 0.535. The Morgan fingerprint density at radius 1 is 1.25 bits per heavy atom. The molecule has 1 nitrogen and oxygen atoms in total. The van der Waals surface area contributed by atoms with Crippen molar-refractivity contribution in [3.63, 3.8) is 0 Å². The quantitative estimate of drug-likeness (QED) is 0.650. The Balaban J connectivity index is 2.66. The third kappa shape index (κ3) is 2.35. The Bertz CT molecular complexity index is 206. The highest BCUT2D eigenvalue weighted by molar-refractivity contribution is 5.19. The van der Waals surface area contributed by atoms with Crippen LogP contribution in [0.4, 0.5) is 0 Å². The van der Waals surface area contributed by atoms with E-state index in [4.69, 9.17) is 5.73 Å². The van der Waals surface area contributed by atoms with Crippen molar-refractivity contribution in [3.05, 3.63) is 35.9 Å². The van der Waals surface area contributed by atoms with Gasteiger partial charge in [-0.3, -0.25) is 5.73 Å². The molecule has 0 aliphatic rings. The van der Waals surface area contributed by atoms with Crippen LogP contribution >= 0.6 is 0 Å². The highest BCUT2D eigenvalue weighted by atomic mass is 14.5. The highest BCUT2D eigenvalue weighted by Gasteiger charge is 2.06. The average Bonchev–Trinajstić information content (AvgIpc) is 2.15. The number of hydrogen-bond donors (Lipinski definition) is 0. The summed E-state index contributed by atoms with van der Waals surface area (Å²) in [6.45, 7) is 2.72. The maximum absolute atomic E-state index is 7.19. The van der Waals surface area contributed by atoms with E-state index in [0.717, 1.165) is 12.8 Å². The zero-order valence-electron chi connectivity index (χ0n) is 7.59. The van der Waals surface area contributed by atoms with Crippen LogP contribution in [0.2, 0.25) is 0 Å². The molecule has 0 fully saturated rings. The van der Waals surface area contributed by atoms with Crippen LogP contribution < -0.4 is 5.73 Å². The van der Waals surface area contributed by atoms with E-state index in [9.17, 15) is 0 Å². The molecule has 0 heterocycles. The van der Waals surface area contributed by atoms with E-state index in [1.54, 1.807) is 0 Å². The summed E-state index contributed by atoms with van der Waals surface area (Å²) in [6, 6.07) is 10.5. The van der Waals surface area contributed by atoms with Crippen LogP contribution in [0.5, 0.6) is 0 Å². The highest BCUT2D eigenvalue weighted by Crippen LogP contribution is 2.21. The molecule has 0 aliphatic carbocycles. The summed E-state index contributed by atoms with van der Waals surface area (Å²) in [5.74, 6) is 0.587. The second kappa shape index (κ2) is 4.94. The van der Waals surface area contributed by atoms with Gasteiger partial charge >= 0.3 is 0 Å². The minimum Gasteiger partial charge on any atom is -0.258 e. The van der Waals surface area contributed by atoms with Crippen molar-refractivity contribution in [2.75, 3.05) is 6.54 Å². The standard InChI is InChI=1S/C11H16N/c1-2-10(8-9-12)11-6-4-3-5-7-11/h3-7,10,12H,2,8-9H2,1H3. The van der Waals surface area contributed by atoms with E-state index in [1.807, 2.05) is 6.07 Å². The molecule has 65 valence electrons. The SMILES string of the molecule is CCC(CC[NH])c1ccccc1. The Morgan fingerprint density at radius 2 is 1.92 bits per heavy atom. The van der Waals surface area contributed by atoms with Crippen molar-refractivity contribution in [1.29, 1.82) is 0 Å². The third-order valence-corrected chi connectivity index (χ3v) is 2.26. The van der Waals surface area contributed by atoms with Crippen LogP contribution in [0.25, 0.3) is 0 Å². The summed E-state index contributed by atoms with van der Waals surface area (Å²) in [4.78, 5) is 0. The van der Waals surface area contributed by atoms with E-state index in [0.29, 0.717) is 12.5 Å². The summed E-state index contributed by atoms with van der Waals surface area (Å²) in [5, 5.41) is 0. The zero-order valence-corrected chi connectivity index (χ0v) is 7.59. The molecule has 1 aromatic rings. The van der Waals surface area contributed by atoms with Gasteiger partial charge in [0.15, 0.2) is 0 Å². The number of hydrogen-bond acceptors (Lipinski definition) is 0.